The molecule has 1 aliphatic carbocycles. The van der Waals surface area contributed by atoms with Crippen LogP contribution in [0.25, 0.3) is 10.9 Å². The largest absolute Gasteiger partial charge is 0.371 e. The molecule has 1 fully saturated rings. The molecule has 4 rings (SSSR count). The number of nitrogens with one attached hydrogen (secondary N) is 3. The van der Waals surface area contributed by atoms with Crippen LogP contribution in [0.4, 0.5) is 15.9 Å². The van der Waals surface area contributed by atoms with Crippen LogP contribution in [0, 0.1) is 11.3 Å². The zero-order valence-corrected chi connectivity index (χ0v) is 19.1. The number of hydrogen-bond acceptors (Lipinski definition) is 6. The number of benzene rings is 1. The van der Waals surface area contributed by atoms with Gasteiger partial charge in [0.2, 0.25) is 5.91 Å². The second-order valence-corrected chi connectivity index (χ2v) is 9.13. The fraction of sp³-hybridized carbons (Fsp3) is 0.522. The number of primary amides is 1. The number of amides is 1. The van der Waals surface area contributed by atoms with Crippen LogP contribution in [-0.4, -0.2) is 34.6 Å². The number of aliphatic imine (C=N–C) groups is 1. The maximum absolute atomic E-state index is 14.9. The Morgan fingerprint density at radius 2 is 2.16 bits per heavy atom. The van der Waals surface area contributed by atoms with Gasteiger partial charge in [-0.2, -0.15) is 5.10 Å². The highest BCUT2D eigenvalue weighted by molar-refractivity contribution is 6.10. The Balaban J connectivity index is 1.64. The molecule has 9 heteroatoms. The molecule has 1 aromatic carbocycles. The van der Waals surface area contributed by atoms with Crippen LogP contribution in [0.1, 0.15) is 46.0 Å². The summed E-state index contributed by atoms with van der Waals surface area (Å²) in [7, 11) is 3.69. The van der Waals surface area contributed by atoms with Crippen molar-refractivity contribution in [3.63, 3.8) is 0 Å². The first-order valence-electron chi connectivity index (χ1n) is 11.2. The van der Waals surface area contributed by atoms with E-state index in [4.69, 9.17) is 5.73 Å². The van der Waals surface area contributed by atoms with E-state index in [1.807, 2.05) is 32.3 Å². The number of fused-ring (bicyclic) bond motifs is 1. The maximum atomic E-state index is 14.9. The average molecular weight is 442 g/mol. The molecular formula is C23H32FN7O. The molecule has 32 heavy (non-hydrogen) atoms. The lowest BCUT2D eigenvalue weighted by Gasteiger charge is -2.29. The van der Waals surface area contributed by atoms with Gasteiger partial charge in [0.15, 0.2) is 11.6 Å². The van der Waals surface area contributed by atoms with E-state index in [-0.39, 0.29) is 23.7 Å². The lowest BCUT2D eigenvalue weighted by atomic mass is 9.94. The highest BCUT2D eigenvalue weighted by Crippen LogP contribution is 2.49. The van der Waals surface area contributed by atoms with E-state index in [0.29, 0.717) is 5.84 Å². The minimum absolute atomic E-state index is 0.101. The first-order chi connectivity index (χ1) is 15.3. The van der Waals surface area contributed by atoms with E-state index >= 15 is 0 Å². The number of halogens is 1. The molecule has 8 nitrogen and oxygen atoms in total. The zero-order valence-electron chi connectivity index (χ0n) is 19.1. The summed E-state index contributed by atoms with van der Waals surface area (Å²) < 4.78 is 16.7. The maximum Gasteiger partial charge on any atom is 0.228 e. The minimum atomic E-state index is -0.852. The number of aryl methyl sites for hydroxylation is 1. The standard InChI is InChI=1S/C23H32FN7O/c1-5-6-18(23(2)9-10-23)28-22-16(24)12-15(19(25)32)21(29-22)27-13-7-8-17-14(11-13)20(26-3)30-31(17)4/h7-8,11,15,18,28H,5-6,9-10,12H2,1-4H3,(H2,25,32)(H,26,30)(H,27,29)/t15?,18-/m1/s1. The third-order valence-electron chi connectivity index (χ3n) is 6.67. The number of nitrogens with two attached hydrogens (primary N) is 1. The fourth-order valence-electron chi connectivity index (χ4n) is 4.36. The molecule has 2 atom stereocenters. The van der Waals surface area contributed by atoms with Gasteiger partial charge in [0.1, 0.15) is 17.6 Å². The molecular weight excluding hydrogens is 409 g/mol. The number of aromatic nitrogens is 2. The van der Waals surface area contributed by atoms with Gasteiger partial charge in [0.25, 0.3) is 0 Å². The van der Waals surface area contributed by atoms with Crippen molar-refractivity contribution in [1.82, 2.24) is 15.1 Å². The fourth-order valence-corrected chi connectivity index (χ4v) is 4.36. The molecule has 5 N–H and O–H groups in total. The van der Waals surface area contributed by atoms with Crippen LogP contribution in [0.15, 0.2) is 34.8 Å². The van der Waals surface area contributed by atoms with Gasteiger partial charge < -0.3 is 21.7 Å². The summed E-state index contributed by atoms with van der Waals surface area (Å²) in [6.07, 6.45) is 4.08. The Hall–Kier alpha value is -3.10. The number of amidine groups is 1. The van der Waals surface area contributed by atoms with Crippen molar-refractivity contribution in [2.75, 3.05) is 17.7 Å². The molecule has 2 aromatic rings. The van der Waals surface area contributed by atoms with Gasteiger partial charge in [-0.1, -0.05) is 20.3 Å². The smallest absolute Gasteiger partial charge is 0.228 e. The molecule has 1 unspecified atom stereocenters. The number of hydrogen-bond donors (Lipinski definition) is 4. The lowest BCUT2D eigenvalue weighted by molar-refractivity contribution is -0.120. The molecule has 2 heterocycles. The van der Waals surface area contributed by atoms with E-state index in [2.05, 4.69) is 39.9 Å². The average Bonchev–Trinajstić information content (AvgIpc) is 3.43. The number of rotatable bonds is 8. The number of allylic oxidation sites excluding steroid dienone is 1. The third-order valence-corrected chi connectivity index (χ3v) is 6.67. The molecule has 0 saturated heterocycles. The van der Waals surface area contributed by atoms with Crippen molar-refractivity contribution < 1.29 is 9.18 Å². The van der Waals surface area contributed by atoms with Gasteiger partial charge in [0.05, 0.1) is 5.52 Å². The molecule has 1 aromatic heterocycles. The van der Waals surface area contributed by atoms with Crippen molar-refractivity contribution in [1.29, 1.82) is 0 Å². The van der Waals surface area contributed by atoms with Crippen molar-refractivity contribution in [3.05, 3.63) is 29.8 Å². The molecule has 0 spiro atoms. The van der Waals surface area contributed by atoms with Gasteiger partial charge in [-0.3, -0.25) is 9.48 Å². The number of nitrogens with zero attached hydrogens (tertiary/aromatic N) is 3. The molecule has 1 aliphatic heterocycles. The minimum Gasteiger partial charge on any atom is -0.371 e. The van der Waals surface area contributed by atoms with Gasteiger partial charge in [-0.25, -0.2) is 9.38 Å². The van der Waals surface area contributed by atoms with Gasteiger partial charge in [0, 0.05) is 37.6 Å². The van der Waals surface area contributed by atoms with E-state index in [1.54, 1.807) is 4.68 Å². The van der Waals surface area contributed by atoms with Crippen LogP contribution in [0.3, 0.4) is 0 Å². The van der Waals surface area contributed by atoms with Crippen LogP contribution < -0.4 is 21.7 Å². The van der Waals surface area contributed by atoms with Crippen molar-refractivity contribution in [3.8, 4) is 0 Å². The van der Waals surface area contributed by atoms with Crippen molar-refractivity contribution in [2.45, 2.75) is 52.0 Å². The number of anilines is 2. The Bertz CT molecular complexity index is 1100. The number of carbonyl (C=O) groups excluding carboxylic acids is 1. The first kappa shape index (κ1) is 22.1. The van der Waals surface area contributed by atoms with E-state index in [0.717, 1.165) is 48.1 Å². The van der Waals surface area contributed by atoms with E-state index in [1.165, 1.54) is 0 Å². The topological polar surface area (TPSA) is 109 Å². The lowest BCUT2D eigenvalue weighted by Crippen LogP contribution is -2.41. The molecule has 172 valence electrons. The molecule has 0 radical (unpaired) electrons. The summed E-state index contributed by atoms with van der Waals surface area (Å²) in [6.45, 7) is 4.35. The van der Waals surface area contributed by atoms with Gasteiger partial charge in [-0.05, 0) is 42.9 Å². The summed E-state index contributed by atoms with van der Waals surface area (Å²) in [5.74, 6) is -0.582. The number of carbonyl (C=O) groups is 1. The Morgan fingerprint density at radius 3 is 2.78 bits per heavy atom. The monoisotopic (exact) mass is 441 g/mol. The SMILES string of the molecule is CCC[C@@H](NC1=C(F)CC(C(N)=O)C(Nc2ccc3c(c2)c(NC)nn3C)=N1)C1(C)CC1. The Morgan fingerprint density at radius 1 is 1.41 bits per heavy atom. The Kier molecular flexibility index (Phi) is 5.83. The summed E-state index contributed by atoms with van der Waals surface area (Å²) in [5.41, 5.74) is 7.46. The van der Waals surface area contributed by atoms with Crippen molar-refractivity contribution >= 4 is 34.2 Å². The van der Waals surface area contributed by atoms with Crippen molar-refractivity contribution in [2.24, 2.45) is 29.1 Å². The second kappa shape index (κ2) is 8.44. The molecule has 2 aliphatic rings. The van der Waals surface area contributed by atoms with Gasteiger partial charge >= 0.3 is 0 Å². The van der Waals surface area contributed by atoms with Crippen LogP contribution in [-0.2, 0) is 11.8 Å². The summed E-state index contributed by atoms with van der Waals surface area (Å²) >= 11 is 0. The molecule has 0 bridgehead atoms. The second-order valence-electron chi connectivity index (χ2n) is 9.13. The molecule has 1 saturated carbocycles. The molecule has 1 amide bonds. The first-order valence-corrected chi connectivity index (χ1v) is 11.2. The van der Waals surface area contributed by atoms with Gasteiger partial charge in [-0.15, -0.1) is 0 Å². The quantitative estimate of drug-likeness (QED) is 0.500. The van der Waals surface area contributed by atoms with Crippen LogP contribution >= 0.6 is 0 Å². The highest BCUT2D eigenvalue weighted by Gasteiger charge is 2.45. The van der Waals surface area contributed by atoms with E-state index < -0.39 is 17.7 Å². The summed E-state index contributed by atoms with van der Waals surface area (Å²) in [4.78, 5) is 16.6. The Labute approximate surface area is 187 Å². The predicted molar refractivity (Wildman–Crippen MR) is 126 cm³/mol. The normalized spacial score (nSPS) is 20.7. The summed E-state index contributed by atoms with van der Waals surface area (Å²) in [6, 6.07) is 5.90. The zero-order chi connectivity index (χ0) is 23.0. The van der Waals surface area contributed by atoms with E-state index in [9.17, 15) is 9.18 Å². The summed E-state index contributed by atoms with van der Waals surface area (Å²) in [5, 5.41) is 15.0. The highest BCUT2D eigenvalue weighted by atomic mass is 19.1. The predicted octanol–water partition coefficient (Wildman–Crippen LogP) is 3.63. The van der Waals surface area contributed by atoms with Crippen LogP contribution in [0.5, 0.6) is 0 Å². The third kappa shape index (κ3) is 4.16. The van der Waals surface area contributed by atoms with Crippen LogP contribution in [0.2, 0.25) is 0 Å².